The van der Waals surface area contributed by atoms with Crippen molar-refractivity contribution in [2.24, 2.45) is 0 Å². The van der Waals surface area contributed by atoms with Gasteiger partial charge in [0.15, 0.2) is 0 Å². The van der Waals surface area contributed by atoms with E-state index in [1.165, 1.54) is 0 Å². The summed E-state index contributed by atoms with van der Waals surface area (Å²) in [4.78, 5) is 2.39. The zero-order valence-corrected chi connectivity index (χ0v) is 10.3. The fourth-order valence-electron chi connectivity index (χ4n) is 2.54. The van der Waals surface area contributed by atoms with E-state index in [0.29, 0.717) is 0 Å². The summed E-state index contributed by atoms with van der Waals surface area (Å²) in [5.41, 5.74) is 2.95. The second-order valence-electron chi connectivity index (χ2n) is 4.66. The number of aromatic nitrogens is 1. The minimum absolute atomic E-state index is 0.814. The van der Waals surface area contributed by atoms with Crippen LogP contribution in [0.2, 0.25) is 0 Å². The first kappa shape index (κ1) is 11.3. The van der Waals surface area contributed by atoms with E-state index in [-0.39, 0.29) is 0 Å². The predicted octanol–water partition coefficient (Wildman–Crippen LogP) is 1.22. The molecule has 3 heterocycles. The lowest BCUT2D eigenvalue weighted by Gasteiger charge is -2.26. The fourth-order valence-corrected chi connectivity index (χ4v) is 2.54. The van der Waals surface area contributed by atoms with E-state index >= 15 is 0 Å². The normalized spacial score (nSPS) is 16.8. The van der Waals surface area contributed by atoms with Crippen molar-refractivity contribution in [3.8, 4) is 6.07 Å². The van der Waals surface area contributed by atoms with Crippen LogP contribution in [0.5, 0.6) is 0 Å². The number of nitriles is 1. The average molecular weight is 240 g/mol. The molecule has 0 amide bonds. The zero-order chi connectivity index (χ0) is 12.4. The molecule has 0 radical (unpaired) electrons. The van der Waals surface area contributed by atoms with Gasteiger partial charge in [-0.3, -0.25) is 4.90 Å². The highest BCUT2D eigenvalue weighted by Crippen LogP contribution is 2.19. The second kappa shape index (κ2) is 4.81. The Hall–Kier alpha value is -1.83. The first-order valence-corrected chi connectivity index (χ1v) is 6.30. The molecule has 18 heavy (non-hydrogen) atoms. The van der Waals surface area contributed by atoms with E-state index in [1.807, 2.05) is 28.8 Å². The number of pyridine rings is 1. The summed E-state index contributed by atoms with van der Waals surface area (Å²) in [7, 11) is 0. The third-order valence-corrected chi connectivity index (χ3v) is 3.48. The number of nitrogens with one attached hydrogen (secondary N) is 1. The van der Waals surface area contributed by atoms with E-state index in [9.17, 15) is 5.26 Å². The van der Waals surface area contributed by atoms with Crippen LogP contribution in [0.1, 0.15) is 11.1 Å². The van der Waals surface area contributed by atoms with E-state index in [1.54, 1.807) is 0 Å². The van der Waals surface area contributed by atoms with E-state index in [2.05, 4.69) is 22.5 Å². The molecule has 3 rings (SSSR count). The molecule has 0 aliphatic carbocycles. The molecule has 1 aliphatic heterocycles. The second-order valence-corrected chi connectivity index (χ2v) is 4.66. The van der Waals surface area contributed by atoms with Gasteiger partial charge in [-0.15, -0.1) is 0 Å². The molecule has 0 bridgehead atoms. The third kappa shape index (κ3) is 1.99. The summed E-state index contributed by atoms with van der Waals surface area (Å²) >= 11 is 0. The maximum atomic E-state index is 9.34. The van der Waals surface area contributed by atoms with Crippen LogP contribution < -0.4 is 5.32 Å². The lowest BCUT2D eigenvalue weighted by Crippen LogP contribution is -2.42. The Morgan fingerprint density at radius 1 is 1.28 bits per heavy atom. The van der Waals surface area contributed by atoms with Gasteiger partial charge < -0.3 is 9.72 Å². The number of piperazine rings is 1. The predicted molar refractivity (Wildman–Crippen MR) is 70.3 cm³/mol. The van der Waals surface area contributed by atoms with Gasteiger partial charge in [-0.25, -0.2) is 0 Å². The Bertz CT molecular complexity index is 587. The molecule has 0 unspecified atom stereocenters. The van der Waals surface area contributed by atoms with Crippen LogP contribution in [0.3, 0.4) is 0 Å². The van der Waals surface area contributed by atoms with Gasteiger partial charge in [-0.1, -0.05) is 6.07 Å². The molecule has 0 atom stereocenters. The summed E-state index contributed by atoms with van der Waals surface area (Å²) in [6, 6.07) is 8.31. The van der Waals surface area contributed by atoms with Gasteiger partial charge in [0, 0.05) is 50.7 Å². The van der Waals surface area contributed by atoms with Crippen molar-refractivity contribution in [1.82, 2.24) is 14.6 Å². The quantitative estimate of drug-likeness (QED) is 0.858. The summed E-state index contributed by atoms with van der Waals surface area (Å²) in [6.45, 7) is 5.05. The van der Waals surface area contributed by atoms with Crippen molar-refractivity contribution in [3.05, 3.63) is 41.7 Å². The first-order valence-electron chi connectivity index (χ1n) is 6.30. The Labute approximate surface area is 106 Å². The highest BCUT2D eigenvalue weighted by atomic mass is 15.2. The van der Waals surface area contributed by atoms with Crippen molar-refractivity contribution >= 4 is 5.52 Å². The fraction of sp³-hybridized carbons (Fsp3) is 0.357. The first-order chi connectivity index (χ1) is 8.88. The minimum Gasteiger partial charge on any atom is -0.322 e. The van der Waals surface area contributed by atoms with Crippen LogP contribution in [0.15, 0.2) is 30.6 Å². The Morgan fingerprint density at radius 2 is 2.11 bits per heavy atom. The molecule has 1 fully saturated rings. The Balaban J connectivity index is 1.93. The molecule has 4 heteroatoms. The van der Waals surface area contributed by atoms with Gasteiger partial charge in [0.2, 0.25) is 0 Å². The summed E-state index contributed by atoms with van der Waals surface area (Å²) in [5, 5.41) is 12.7. The maximum absolute atomic E-state index is 9.34. The molecular formula is C14H16N4. The maximum Gasteiger partial charge on any atom is 0.102 e. The standard InChI is InChI=1S/C14H16N4/c15-9-13-12(10-17-7-4-16-5-8-17)11-18-6-2-1-3-14(13)18/h1-3,6,11,16H,4-5,7-8,10H2. The number of nitrogens with zero attached hydrogens (tertiary/aromatic N) is 3. The molecule has 2 aromatic rings. The third-order valence-electron chi connectivity index (χ3n) is 3.48. The van der Waals surface area contributed by atoms with Crippen LogP contribution in [-0.2, 0) is 6.54 Å². The number of fused-ring (bicyclic) bond motifs is 1. The summed E-state index contributed by atoms with van der Waals surface area (Å²) in [6.07, 6.45) is 4.08. The van der Waals surface area contributed by atoms with Crippen molar-refractivity contribution in [2.45, 2.75) is 6.54 Å². The van der Waals surface area contributed by atoms with Crippen molar-refractivity contribution in [1.29, 1.82) is 5.26 Å². The molecule has 0 aromatic carbocycles. The molecule has 1 saturated heterocycles. The van der Waals surface area contributed by atoms with Gasteiger partial charge in [-0.2, -0.15) is 5.26 Å². The molecule has 92 valence electrons. The average Bonchev–Trinajstić information content (AvgIpc) is 2.77. The van der Waals surface area contributed by atoms with Gasteiger partial charge in [0.1, 0.15) is 6.07 Å². The van der Waals surface area contributed by atoms with Gasteiger partial charge in [-0.05, 0) is 12.1 Å². The molecule has 0 saturated carbocycles. The van der Waals surface area contributed by atoms with Gasteiger partial charge in [0.25, 0.3) is 0 Å². The van der Waals surface area contributed by atoms with Crippen molar-refractivity contribution < 1.29 is 0 Å². The highest BCUT2D eigenvalue weighted by Gasteiger charge is 2.15. The minimum atomic E-state index is 0.814. The van der Waals surface area contributed by atoms with Crippen molar-refractivity contribution in [3.63, 3.8) is 0 Å². The van der Waals surface area contributed by atoms with Crippen LogP contribution in [0.4, 0.5) is 0 Å². The van der Waals surface area contributed by atoms with E-state index in [4.69, 9.17) is 0 Å². The SMILES string of the molecule is N#Cc1c(CN2CCNCC2)cn2ccccc12. The van der Waals surface area contributed by atoms with Crippen LogP contribution in [0, 0.1) is 11.3 Å². The smallest absolute Gasteiger partial charge is 0.102 e. The largest absolute Gasteiger partial charge is 0.322 e. The number of hydrogen-bond acceptors (Lipinski definition) is 3. The number of rotatable bonds is 2. The van der Waals surface area contributed by atoms with Gasteiger partial charge in [0.05, 0.1) is 11.1 Å². The van der Waals surface area contributed by atoms with Crippen molar-refractivity contribution in [2.75, 3.05) is 26.2 Å². The monoisotopic (exact) mass is 240 g/mol. The Morgan fingerprint density at radius 3 is 2.89 bits per heavy atom. The number of hydrogen-bond donors (Lipinski definition) is 1. The molecule has 1 aliphatic rings. The van der Waals surface area contributed by atoms with E-state index in [0.717, 1.165) is 49.4 Å². The highest BCUT2D eigenvalue weighted by molar-refractivity contribution is 5.65. The molecular weight excluding hydrogens is 224 g/mol. The Kier molecular flexibility index (Phi) is 3.01. The zero-order valence-electron chi connectivity index (χ0n) is 10.3. The topological polar surface area (TPSA) is 43.5 Å². The lowest BCUT2D eigenvalue weighted by molar-refractivity contribution is 0.233. The molecule has 4 nitrogen and oxygen atoms in total. The molecule has 2 aromatic heterocycles. The van der Waals surface area contributed by atoms with E-state index < -0.39 is 0 Å². The molecule has 0 spiro atoms. The van der Waals surface area contributed by atoms with Crippen LogP contribution >= 0.6 is 0 Å². The lowest BCUT2D eigenvalue weighted by atomic mass is 10.1. The van der Waals surface area contributed by atoms with Crippen LogP contribution in [0.25, 0.3) is 5.52 Å². The molecule has 1 N–H and O–H groups in total. The summed E-state index contributed by atoms with van der Waals surface area (Å²) in [5.74, 6) is 0. The van der Waals surface area contributed by atoms with Crippen LogP contribution in [-0.4, -0.2) is 35.5 Å². The van der Waals surface area contributed by atoms with Gasteiger partial charge >= 0.3 is 0 Å². The summed E-state index contributed by atoms with van der Waals surface area (Å²) < 4.78 is 2.04.